The first-order valence-electron chi connectivity index (χ1n) is 6.58. The molecule has 3 N–H and O–H groups in total. The monoisotopic (exact) mass is 257 g/mol. The third kappa shape index (κ3) is 5.35. The largest absolute Gasteiger partial charge is 0.481 e. The number of urea groups is 1. The second-order valence-electron chi connectivity index (χ2n) is 4.65. The van der Waals surface area contributed by atoms with Gasteiger partial charge in [-0.15, -0.1) is 0 Å². The van der Waals surface area contributed by atoms with Crippen LogP contribution in [0.25, 0.3) is 0 Å². The van der Waals surface area contributed by atoms with Crippen LogP contribution in [-0.4, -0.2) is 54.7 Å². The van der Waals surface area contributed by atoms with Crippen molar-refractivity contribution in [2.45, 2.75) is 26.2 Å². The topological polar surface area (TPSA) is 81.7 Å². The molecule has 0 aromatic rings. The van der Waals surface area contributed by atoms with Gasteiger partial charge in [0.05, 0.1) is 0 Å². The van der Waals surface area contributed by atoms with Gasteiger partial charge in [-0.25, -0.2) is 4.79 Å². The summed E-state index contributed by atoms with van der Waals surface area (Å²) in [7, 11) is 0. The number of hydrogen-bond acceptors (Lipinski definition) is 3. The molecule has 1 fully saturated rings. The number of amides is 2. The molecule has 0 bridgehead atoms. The maximum absolute atomic E-state index is 11.9. The molecule has 1 atom stereocenters. The van der Waals surface area contributed by atoms with Crippen LogP contribution in [-0.2, 0) is 4.79 Å². The van der Waals surface area contributed by atoms with Gasteiger partial charge in [0.25, 0.3) is 0 Å². The van der Waals surface area contributed by atoms with Crippen LogP contribution < -0.4 is 10.6 Å². The SMILES string of the molecule is CCC(CNC(=O)N1CCCNCC1)CC(=O)O. The third-order valence-corrected chi connectivity index (χ3v) is 3.21. The Balaban J connectivity index is 2.31. The first-order valence-corrected chi connectivity index (χ1v) is 6.58. The zero-order chi connectivity index (χ0) is 13.4. The Morgan fingerprint density at radius 2 is 2.17 bits per heavy atom. The number of aliphatic carboxylic acids is 1. The van der Waals surface area contributed by atoms with Crippen molar-refractivity contribution in [3.05, 3.63) is 0 Å². The first-order chi connectivity index (χ1) is 8.63. The highest BCUT2D eigenvalue weighted by Crippen LogP contribution is 2.07. The van der Waals surface area contributed by atoms with E-state index in [0.717, 1.165) is 32.5 Å². The number of carboxylic acids is 1. The van der Waals surface area contributed by atoms with Crippen molar-refractivity contribution in [2.75, 3.05) is 32.7 Å². The standard InChI is InChI=1S/C12H23N3O3/c1-2-10(8-11(16)17)9-14-12(18)15-6-3-4-13-5-7-15/h10,13H,2-9H2,1H3,(H,14,18)(H,16,17). The lowest BCUT2D eigenvalue weighted by molar-refractivity contribution is -0.138. The molecule has 1 rings (SSSR count). The molecule has 6 heteroatoms. The van der Waals surface area contributed by atoms with Crippen molar-refractivity contribution in [3.63, 3.8) is 0 Å². The molecule has 1 aliphatic rings. The van der Waals surface area contributed by atoms with Crippen LogP contribution in [0.3, 0.4) is 0 Å². The van der Waals surface area contributed by atoms with Crippen molar-refractivity contribution >= 4 is 12.0 Å². The number of carbonyl (C=O) groups is 2. The molecule has 2 amide bonds. The summed E-state index contributed by atoms with van der Waals surface area (Å²) >= 11 is 0. The summed E-state index contributed by atoms with van der Waals surface area (Å²) in [6.45, 7) is 5.61. The van der Waals surface area contributed by atoms with Crippen molar-refractivity contribution in [2.24, 2.45) is 5.92 Å². The number of nitrogens with zero attached hydrogens (tertiary/aromatic N) is 1. The van der Waals surface area contributed by atoms with Gasteiger partial charge in [0.1, 0.15) is 0 Å². The van der Waals surface area contributed by atoms with E-state index in [4.69, 9.17) is 5.11 Å². The summed E-state index contributed by atoms with van der Waals surface area (Å²) in [5.41, 5.74) is 0. The molecular formula is C12H23N3O3. The molecular weight excluding hydrogens is 234 g/mol. The Hall–Kier alpha value is -1.30. The highest BCUT2D eigenvalue weighted by molar-refractivity contribution is 5.74. The van der Waals surface area contributed by atoms with E-state index in [0.29, 0.717) is 13.1 Å². The Labute approximate surface area is 108 Å². The summed E-state index contributed by atoms with van der Waals surface area (Å²) in [4.78, 5) is 24.3. The van der Waals surface area contributed by atoms with E-state index in [-0.39, 0.29) is 18.4 Å². The normalized spacial score (nSPS) is 17.9. The van der Waals surface area contributed by atoms with Crippen LogP contribution in [0.2, 0.25) is 0 Å². The van der Waals surface area contributed by atoms with Crippen LogP contribution in [0.15, 0.2) is 0 Å². The number of carbonyl (C=O) groups excluding carboxylic acids is 1. The average molecular weight is 257 g/mol. The van der Waals surface area contributed by atoms with Gasteiger partial charge in [0, 0.05) is 32.6 Å². The lowest BCUT2D eigenvalue weighted by Gasteiger charge is -2.22. The van der Waals surface area contributed by atoms with E-state index in [1.54, 1.807) is 4.90 Å². The Morgan fingerprint density at radius 1 is 1.39 bits per heavy atom. The molecule has 0 aromatic carbocycles. The van der Waals surface area contributed by atoms with Gasteiger partial charge in [0.15, 0.2) is 0 Å². The molecule has 18 heavy (non-hydrogen) atoms. The lowest BCUT2D eigenvalue weighted by atomic mass is 10.0. The predicted molar refractivity (Wildman–Crippen MR) is 68.5 cm³/mol. The van der Waals surface area contributed by atoms with Gasteiger partial charge in [-0.1, -0.05) is 13.3 Å². The Morgan fingerprint density at radius 3 is 2.83 bits per heavy atom. The lowest BCUT2D eigenvalue weighted by Crippen LogP contribution is -2.43. The van der Waals surface area contributed by atoms with Gasteiger partial charge in [-0.05, 0) is 18.9 Å². The number of nitrogens with one attached hydrogen (secondary N) is 2. The Kier molecular flexibility index (Phi) is 6.49. The molecule has 0 aliphatic carbocycles. The van der Waals surface area contributed by atoms with E-state index < -0.39 is 5.97 Å². The number of hydrogen-bond donors (Lipinski definition) is 3. The van der Waals surface area contributed by atoms with Crippen molar-refractivity contribution in [1.82, 2.24) is 15.5 Å². The second-order valence-corrected chi connectivity index (χ2v) is 4.65. The van der Waals surface area contributed by atoms with Gasteiger partial charge in [-0.3, -0.25) is 4.79 Å². The van der Waals surface area contributed by atoms with E-state index in [2.05, 4.69) is 10.6 Å². The molecule has 1 saturated heterocycles. The second kappa shape index (κ2) is 7.92. The smallest absolute Gasteiger partial charge is 0.317 e. The fourth-order valence-electron chi connectivity index (χ4n) is 2.00. The summed E-state index contributed by atoms with van der Waals surface area (Å²) in [5.74, 6) is -0.799. The summed E-state index contributed by atoms with van der Waals surface area (Å²) in [5, 5.41) is 14.8. The fraction of sp³-hybridized carbons (Fsp3) is 0.833. The van der Waals surface area contributed by atoms with Crippen LogP contribution in [0, 0.1) is 5.92 Å². The van der Waals surface area contributed by atoms with Gasteiger partial charge < -0.3 is 20.6 Å². The average Bonchev–Trinajstić information content (AvgIpc) is 2.62. The van der Waals surface area contributed by atoms with Crippen LogP contribution in [0.5, 0.6) is 0 Å². The fourth-order valence-corrected chi connectivity index (χ4v) is 2.00. The predicted octanol–water partition coefficient (Wildman–Crippen LogP) is 0.492. The zero-order valence-corrected chi connectivity index (χ0v) is 10.9. The molecule has 0 aromatic heterocycles. The summed E-state index contributed by atoms with van der Waals surface area (Å²) in [6.07, 6.45) is 1.83. The highest BCUT2D eigenvalue weighted by atomic mass is 16.4. The highest BCUT2D eigenvalue weighted by Gasteiger charge is 2.17. The summed E-state index contributed by atoms with van der Waals surface area (Å²) in [6, 6.07) is -0.0810. The van der Waals surface area contributed by atoms with Crippen molar-refractivity contribution in [1.29, 1.82) is 0 Å². The summed E-state index contributed by atoms with van der Waals surface area (Å²) < 4.78 is 0. The molecule has 0 saturated carbocycles. The van der Waals surface area contributed by atoms with E-state index in [1.807, 2.05) is 6.92 Å². The van der Waals surface area contributed by atoms with Gasteiger partial charge in [0.2, 0.25) is 0 Å². The minimum atomic E-state index is -0.810. The van der Waals surface area contributed by atoms with Crippen LogP contribution >= 0.6 is 0 Å². The van der Waals surface area contributed by atoms with E-state index in [1.165, 1.54) is 0 Å². The first kappa shape index (κ1) is 14.8. The van der Waals surface area contributed by atoms with Crippen molar-refractivity contribution < 1.29 is 14.7 Å². The Bertz CT molecular complexity index is 276. The number of rotatable bonds is 5. The molecule has 0 radical (unpaired) electrons. The van der Waals surface area contributed by atoms with Crippen LogP contribution in [0.1, 0.15) is 26.2 Å². The molecule has 1 unspecified atom stereocenters. The number of carboxylic acid groups (broad SMARTS) is 1. The quantitative estimate of drug-likeness (QED) is 0.669. The zero-order valence-electron chi connectivity index (χ0n) is 10.9. The third-order valence-electron chi connectivity index (χ3n) is 3.21. The minimum Gasteiger partial charge on any atom is -0.481 e. The van der Waals surface area contributed by atoms with E-state index >= 15 is 0 Å². The van der Waals surface area contributed by atoms with E-state index in [9.17, 15) is 9.59 Å². The van der Waals surface area contributed by atoms with Gasteiger partial charge in [-0.2, -0.15) is 0 Å². The molecule has 1 heterocycles. The molecule has 104 valence electrons. The maximum atomic E-state index is 11.9. The maximum Gasteiger partial charge on any atom is 0.317 e. The molecule has 6 nitrogen and oxygen atoms in total. The minimum absolute atomic E-state index is 0.0107. The van der Waals surface area contributed by atoms with Crippen molar-refractivity contribution in [3.8, 4) is 0 Å². The van der Waals surface area contributed by atoms with Gasteiger partial charge >= 0.3 is 12.0 Å². The van der Waals surface area contributed by atoms with Crippen LogP contribution in [0.4, 0.5) is 4.79 Å². The molecule has 1 aliphatic heterocycles. The molecule has 0 spiro atoms.